The van der Waals surface area contributed by atoms with Crippen molar-refractivity contribution in [3.8, 4) is 0 Å². The summed E-state index contributed by atoms with van der Waals surface area (Å²) in [6, 6.07) is 11.1. The van der Waals surface area contributed by atoms with E-state index in [4.69, 9.17) is 0 Å². The predicted molar refractivity (Wildman–Crippen MR) is 59.1 cm³/mol. The second-order valence-electron chi connectivity index (χ2n) is 3.50. The Kier molecular flexibility index (Phi) is 2.68. The molecule has 0 spiro atoms. The first-order chi connectivity index (χ1) is 7.68. The third-order valence-electron chi connectivity index (χ3n) is 2.46. The summed E-state index contributed by atoms with van der Waals surface area (Å²) in [5.41, 5.74) is 1.07. The lowest BCUT2D eigenvalue weighted by molar-refractivity contribution is -0.389. The van der Waals surface area contributed by atoms with Crippen molar-refractivity contribution >= 4 is 5.82 Å². The minimum absolute atomic E-state index is 0.00472. The molecule has 0 fully saturated rings. The number of hydrogen-bond donors (Lipinski definition) is 0. The summed E-state index contributed by atoms with van der Waals surface area (Å²) in [6.07, 6.45) is 1.62. The molecular formula is C11H11N3O2. The van der Waals surface area contributed by atoms with E-state index in [1.165, 1.54) is 6.07 Å². The summed E-state index contributed by atoms with van der Waals surface area (Å²) < 4.78 is 1.59. The highest BCUT2D eigenvalue weighted by Gasteiger charge is 2.16. The van der Waals surface area contributed by atoms with E-state index in [2.05, 4.69) is 5.10 Å². The van der Waals surface area contributed by atoms with E-state index in [0.29, 0.717) is 0 Å². The van der Waals surface area contributed by atoms with Gasteiger partial charge in [-0.05, 0) is 17.4 Å². The van der Waals surface area contributed by atoms with Gasteiger partial charge in [-0.3, -0.25) is 0 Å². The van der Waals surface area contributed by atoms with Gasteiger partial charge in [-0.15, -0.1) is 0 Å². The Morgan fingerprint density at radius 3 is 2.56 bits per heavy atom. The number of nitrogens with zero attached hydrogens (tertiary/aromatic N) is 3. The molecule has 0 radical (unpaired) electrons. The molecule has 1 atom stereocenters. The van der Waals surface area contributed by atoms with Gasteiger partial charge in [0, 0.05) is 0 Å². The first-order valence-electron chi connectivity index (χ1n) is 4.93. The summed E-state index contributed by atoms with van der Waals surface area (Å²) in [6.45, 7) is 1.95. The molecule has 1 heterocycles. The van der Waals surface area contributed by atoms with Gasteiger partial charge in [0.25, 0.3) is 0 Å². The number of rotatable bonds is 3. The molecule has 0 amide bonds. The van der Waals surface area contributed by atoms with Crippen molar-refractivity contribution in [3.05, 3.63) is 58.3 Å². The first kappa shape index (κ1) is 10.4. The summed E-state index contributed by atoms with van der Waals surface area (Å²) in [7, 11) is 0. The van der Waals surface area contributed by atoms with Crippen LogP contribution in [0.4, 0.5) is 5.82 Å². The van der Waals surface area contributed by atoms with Crippen molar-refractivity contribution in [2.75, 3.05) is 0 Å². The number of nitro groups is 1. The van der Waals surface area contributed by atoms with Gasteiger partial charge in [0.1, 0.15) is 0 Å². The van der Waals surface area contributed by atoms with E-state index < -0.39 is 4.92 Å². The van der Waals surface area contributed by atoms with Gasteiger partial charge in [-0.2, -0.15) is 4.68 Å². The van der Waals surface area contributed by atoms with E-state index in [0.717, 1.165) is 5.56 Å². The molecular weight excluding hydrogens is 206 g/mol. The van der Waals surface area contributed by atoms with E-state index in [1.807, 2.05) is 37.3 Å². The topological polar surface area (TPSA) is 61.0 Å². The Balaban J connectivity index is 2.27. The van der Waals surface area contributed by atoms with Crippen molar-refractivity contribution in [2.45, 2.75) is 13.0 Å². The molecule has 0 saturated heterocycles. The molecule has 82 valence electrons. The van der Waals surface area contributed by atoms with Crippen molar-refractivity contribution in [1.82, 2.24) is 9.78 Å². The van der Waals surface area contributed by atoms with Crippen LogP contribution in [0.25, 0.3) is 0 Å². The van der Waals surface area contributed by atoms with Gasteiger partial charge in [0.05, 0.1) is 23.4 Å². The number of aromatic nitrogens is 2. The molecule has 16 heavy (non-hydrogen) atoms. The first-order valence-corrected chi connectivity index (χ1v) is 4.93. The number of hydrogen-bond acceptors (Lipinski definition) is 3. The summed E-state index contributed by atoms with van der Waals surface area (Å²) in [5, 5.41) is 14.4. The lowest BCUT2D eigenvalue weighted by atomic mass is 10.1. The van der Waals surface area contributed by atoms with Crippen LogP contribution in [0, 0.1) is 10.1 Å². The van der Waals surface area contributed by atoms with Crippen LogP contribution < -0.4 is 0 Å². The Morgan fingerprint density at radius 2 is 2.00 bits per heavy atom. The molecule has 1 aromatic carbocycles. The van der Waals surface area contributed by atoms with Crippen LogP contribution in [-0.4, -0.2) is 14.7 Å². The Hall–Kier alpha value is -2.17. The second-order valence-corrected chi connectivity index (χ2v) is 3.50. The highest BCUT2D eigenvalue weighted by Crippen LogP contribution is 2.18. The lowest BCUT2D eigenvalue weighted by Crippen LogP contribution is -2.07. The van der Waals surface area contributed by atoms with Crippen molar-refractivity contribution in [2.24, 2.45) is 0 Å². The molecule has 0 aliphatic heterocycles. The molecule has 1 unspecified atom stereocenters. The molecule has 2 aromatic rings. The summed E-state index contributed by atoms with van der Waals surface area (Å²) in [5.74, 6) is -0.122. The average molecular weight is 217 g/mol. The summed E-state index contributed by atoms with van der Waals surface area (Å²) in [4.78, 5) is 10.0. The maximum Gasteiger partial charge on any atom is 0.389 e. The fourth-order valence-electron chi connectivity index (χ4n) is 1.53. The summed E-state index contributed by atoms with van der Waals surface area (Å²) >= 11 is 0. The molecule has 0 aliphatic rings. The molecule has 2 rings (SSSR count). The monoisotopic (exact) mass is 217 g/mol. The molecule has 0 aliphatic carbocycles. The molecule has 5 heteroatoms. The van der Waals surface area contributed by atoms with Crippen LogP contribution in [-0.2, 0) is 0 Å². The average Bonchev–Trinajstić information content (AvgIpc) is 2.78. The molecule has 0 saturated carbocycles. The van der Waals surface area contributed by atoms with Crippen LogP contribution in [0.5, 0.6) is 0 Å². The molecule has 0 bridgehead atoms. The zero-order valence-electron chi connectivity index (χ0n) is 8.78. The van der Waals surface area contributed by atoms with Crippen LogP contribution in [0.15, 0.2) is 42.6 Å². The van der Waals surface area contributed by atoms with Crippen LogP contribution >= 0.6 is 0 Å². The smallest absolute Gasteiger partial charge is 0.358 e. The van der Waals surface area contributed by atoms with Gasteiger partial charge >= 0.3 is 5.82 Å². The Labute approximate surface area is 92.5 Å². The van der Waals surface area contributed by atoms with E-state index in [1.54, 1.807) is 10.9 Å². The Morgan fingerprint density at radius 1 is 1.31 bits per heavy atom. The van der Waals surface area contributed by atoms with Crippen LogP contribution in [0.3, 0.4) is 0 Å². The predicted octanol–water partition coefficient (Wildman–Crippen LogP) is 2.40. The van der Waals surface area contributed by atoms with Gasteiger partial charge in [0.2, 0.25) is 0 Å². The van der Waals surface area contributed by atoms with Crippen molar-refractivity contribution < 1.29 is 4.92 Å². The fourth-order valence-corrected chi connectivity index (χ4v) is 1.53. The van der Waals surface area contributed by atoms with Crippen molar-refractivity contribution in [3.63, 3.8) is 0 Å². The quantitative estimate of drug-likeness (QED) is 0.585. The van der Waals surface area contributed by atoms with Gasteiger partial charge < -0.3 is 10.1 Å². The standard InChI is InChI=1S/C11H11N3O2/c1-9(10-5-3-2-4-6-10)13-8-7-11(12-13)14(15)16/h2-9H,1H3. The maximum atomic E-state index is 10.5. The zero-order valence-corrected chi connectivity index (χ0v) is 8.78. The fraction of sp³-hybridized carbons (Fsp3) is 0.182. The highest BCUT2D eigenvalue weighted by molar-refractivity contribution is 5.21. The maximum absolute atomic E-state index is 10.5. The minimum atomic E-state index is -0.492. The van der Waals surface area contributed by atoms with E-state index >= 15 is 0 Å². The highest BCUT2D eigenvalue weighted by atomic mass is 16.6. The molecule has 5 nitrogen and oxygen atoms in total. The van der Waals surface area contributed by atoms with Crippen LogP contribution in [0.2, 0.25) is 0 Å². The Bertz CT molecular complexity index is 493. The van der Waals surface area contributed by atoms with E-state index in [9.17, 15) is 10.1 Å². The van der Waals surface area contributed by atoms with Gasteiger partial charge in [-0.1, -0.05) is 30.3 Å². The third-order valence-corrected chi connectivity index (χ3v) is 2.46. The SMILES string of the molecule is CC(c1ccccc1)n1ccc([N+](=O)[O-])n1. The molecule has 0 N–H and O–H groups in total. The van der Waals surface area contributed by atoms with Gasteiger partial charge in [0.15, 0.2) is 0 Å². The van der Waals surface area contributed by atoms with Gasteiger partial charge in [-0.25, -0.2) is 0 Å². The number of benzene rings is 1. The van der Waals surface area contributed by atoms with Crippen molar-refractivity contribution in [1.29, 1.82) is 0 Å². The van der Waals surface area contributed by atoms with E-state index in [-0.39, 0.29) is 11.9 Å². The third kappa shape index (κ3) is 1.93. The van der Waals surface area contributed by atoms with Crippen LogP contribution in [0.1, 0.15) is 18.5 Å². The molecule has 1 aromatic heterocycles. The normalized spacial score (nSPS) is 12.3. The minimum Gasteiger partial charge on any atom is -0.358 e. The second kappa shape index (κ2) is 4.14. The zero-order chi connectivity index (χ0) is 11.5. The lowest BCUT2D eigenvalue weighted by Gasteiger charge is -2.08. The largest absolute Gasteiger partial charge is 0.389 e.